The van der Waals surface area contributed by atoms with Gasteiger partial charge < -0.3 is 4.98 Å². The number of hydrogen-bond acceptors (Lipinski definition) is 3. The van der Waals surface area contributed by atoms with E-state index in [2.05, 4.69) is 9.97 Å². The Hall–Kier alpha value is -1.78. The van der Waals surface area contributed by atoms with Gasteiger partial charge in [-0.25, -0.2) is 4.98 Å². The van der Waals surface area contributed by atoms with Gasteiger partial charge in [-0.15, -0.1) is 0 Å². The van der Waals surface area contributed by atoms with Crippen molar-refractivity contribution in [1.82, 2.24) is 9.97 Å². The molecular formula is C15H11ClN2OS. The number of aromatic amines is 1. The van der Waals surface area contributed by atoms with E-state index in [0.29, 0.717) is 10.8 Å². The Balaban J connectivity index is 1.75. The van der Waals surface area contributed by atoms with Crippen LogP contribution in [0.25, 0.3) is 10.9 Å². The first-order chi connectivity index (χ1) is 9.74. The average Bonchev–Trinajstić information content (AvgIpc) is 2.90. The number of aromatic nitrogens is 2. The molecule has 0 aliphatic carbocycles. The summed E-state index contributed by atoms with van der Waals surface area (Å²) in [5.41, 5.74) is 1.70. The Morgan fingerprint density at radius 3 is 2.90 bits per heavy atom. The van der Waals surface area contributed by atoms with E-state index in [9.17, 15) is 4.79 Å². The van der Waals surface area contributed by atoms with Crippen LogP contribution in [0.2, 0.25) is 5.02 Å². The zero-order valence-corrected chi connectivity index (χ0v) is 12.0. The number of ketones is 1. The molecule has 20 heavy (non-hydrogen) atoms. The molecule has 3 rings (SSSR count). The number of para-hydroxylation sites is 1. The number of nitrogens with one attached hydrogen (secondary N) is 1. The second-order valence-corrected chi connectivity index (χ2v) is 5.71. The maximum Gasteiger partial charge on any atom is 0.175 e. The Bertz CT molecular complexity index is 752. The summed E-state index contributed by atoms with van der Waals surface area (Å²) in [6.07, 6.45) is 3.35. The van der Waals surface area contributed by atoms with E-state index in [4.69, 9.17) is 11.6 Å². The molecule has 0 aliphatic heterocycles. The van der Waals surface area contributed by atoms with E-state index in [0.717, 1.165) is 21.5 Å². The van der Waals surface area contributed by atoms with Crippen molar-refractivity contribution in [3.63, 3.8) is 0 Å². The predicted molar refractivity (Wildman–Crippen MR) is 82.6 cm³/mol. The molecule has 0 radical (unpaired) electrons. The molecule has 1 aromatic carbocycles. The number of benzene rings is 1. The van der Waals surface area contributed by atoms with Crippen molar-refractivity contribution < 1.29 is 4.79 Å². The van der Waals surface area contributed by atoms with Crippen molar-refractivity contribution in [3.8, 4) is 0 Å². The van der Waals surface area contributed by atoms with Crippen LogP contribution in [0.4, 0.5) is 0 Å². The Kier molecular flexibility index (Phi) is 3.76. The molecule has 0 atom stereocenters. The summed E-state index contributed by atoms with van der Waals surface area (Å²) in [4.78, 5) is 19.5. The molecule has 1 N–H and O–H groups in total. The van der Waals surface area contributed by atoms with Gasteiger partial charge in [-0.3, -0.25) is 4.79 Å². The van der Waals surface area contributed by atoms with Gasteiger partial charge in [0.2, 0.25) is 0 Å². The normalized spacial score (nSPS) is 10.8. The van der Waals surface area contributed by atoms with Crippen LogP contribution < -0.4 is 0 Å². The van der Waals surface area contributed by atoms with Crippen LogP contribution in [0, 0.1) is 0 Å². The van der Waals surface area contributed by atoms with E-state index >= 15 is 0 Å². The third-order valence-electron chi connectivity index (χ3n) is 2.94. The van der Waals surface area contributed by atoms with Crippen molar-refractivity contribution in [2.45, 2.75) is 5.03 Å². The predicted octanol–water partition coefficient (Wildman–Crippen LogP) is 4.19. The lowest BCUT2D eigenvalue weighted by molar-refractivity contribution is 0.102. The third-order valence-corrected chi connectivity index (χ3v) is 4.11. The Labute approximate surface area is 125 Å². The highest BCUT2D eigenvalue weighted by Gasteiger charge is 2.12. The SMILES string of the molecule is O=C(CSc1ccc(Cl)cn1)c1c[nH]c2ccccc12. The lowest BCUT2D eigenvalue weighted by Crippen LogP contribution is -2.01. The maximum atomic E-state index is 12.3. The number of fused-ring (bicyclic) bond motifs is 1. The first-order valence-electron chi connectivity index (χ1n) is 6.08. The minimum absolute atomic E-state index is 0.0872. The average molecular weight is 303 g/mol. The van der Waals surface area contributed by atoms with E-state index in [1.165, 1.54) is 11.8 Å². The second-order valence-electron chi connectivity index (χ2n) is 4.27. The van der Waals surface area contributed by atoms with Gasteiger partial charge in [0.15, 0.2) is 5.78 Å². The first-order valence-corrected chi connectivity index (χ1v) is 7.44. The van der Waals surface area contributed by atoms with E-state index in [-0.39, 0.29) is 5.78 Å². The number of Topliss-reactive ketones (excluding diaryl/α,β-unsaturated/α-hetero) is 1. The lowest BCUT2D eigenvalue weighted by Gasteiger charge is -2.00. The topological polar surface area (TPSA) is 45.8 Å². The highest BCUT2D eigenvalue weighted by molar-refractivity contribution is 7.99. The molecule has 100 valence electrons. The number of carbonyl (C=O) groups excluding carboxylic acids is 1. The lowest BCUT2D eigenvalue weighted by atomic mass is 10.1. The summed E-state index contributed by atoms with van der Waals surface area (Å²) in [6.45, 7) is 0. The van der Waals surface area contributed by atoms with Gasteiger partial charge in [-0.05, 0) is 18.2 Å². The molecule has 0 amide bonds. The summed E-state index contributed by atoms with van der Waals surface area (Å²) < 4.78 is 0. The molecule has 0 bridgehead atoms. The van der Waals surface area contributed by atoms with Gasteiger partial charge in [0, 0.05) is 28.9 Å². The van der Waals surface area contributed by atoms with Crippen molar-refractivity contribution in [3.05, 3.63) is 59.4 Å². The molecule has 0 spiro atoms. The molecule has 0 saturated heterocycles. The first kappa shape index (κ1) is 13.2. The summed E-state index contributed by atoms with van der Waals surface area (Å²) in [6, 6.07) is 11.4. The molecule has 0 saturated carbocycles. The fourth-order valence-corrected chi connectivity index (χ4v) is 2.80. The van der Waals surface area contributed by atoms with Crippen LogP contribution >= 0.6 is 23.4 Å². The smallest absolute Gasteiger partial charge is 0.175 e. The highest BCUT2D eigenvalue weighted by atomic mass is 35.5. The van der Waals surface area contributed by atoms with Crippen molar-refractivity contribution >= 4 is 40.0 Å². The molecular weight excluding hydrogens is 292 g/mol. The number of hydrogen-bond donors (Lipinski definition) is 1. The number of pyridine rings is 1. The standard InChI is InChI=1S/C15H11ClN2OS/c16-10-5-6-15(18-7-10)20-9-14(19)12-8-17-13-4-2-1-3-11(12)13/h1-8,17H,9H2. The zero-order chi connectivity index (χ0) is 13.9. The van der Waals surface area contributed by atoms with Gasteiger partial charge in [0.1, 0.15) is 0 Å². The molecule has 3 nitrogen and oxygen atoms in total. The van der Waals surface area contributed by atoms with Gasteiger partial charge in [0.25, 0.3) is 0 Å². The van der Waals surface area contributed by atoms with Crippen molar-refractivity contribution in [1.29, 1.82) is 0 Å². The summed E-state index contributed by atoms with van der Waals surface area (Å²) in [7, 11) is 0. The second kappa shape index (κ2) is 5.69. The Morgan fingerprint density at radius 2 is 2.10 bits per heavy atom. The van der Waals surface area contributed by atoms with Gasteiger partial charge >= 0.3 is 0 Å². The van der Waals surface area contributed by atoms with Gasteiger partial charge in [0.05, 0.1) is 15.8 Å². The van der Waals surface area contributed by atoms with Crippen molar-refractivity contribution in [2.24, 2.45) is 0 Å². The fraction of sp³-hybridized carbons (Fsp3) is 0.0667. The van der Waals surface area contributed by atoms with E-state index in [1.54, 1.807) is 18.5 Å². The number of nitrogens with zero attached hydrogens (tertiary/aromatic N) is 1. The van der Waals surface area contributed by atoms with Crippen LogP contribution in [-0.2, 0) is 0 Å². The molecule has 0 fully saturated rings. The van der Waals surface area contributed by atoms with Gasteiger partial charge in [-0.1, -0.05) is 41.6 Å². The van der Waals surface area contributed by atoms with Gasteiger partial charge in [-0.2, -0.15) is 0 Å². The zero-order valence-electron chi connectivity index (χ0n) is 10.5. The molecule has 5 heteroatoms. The van der Waals surface area contributed by atoms with Crippen LogP contribution in [0.3, 0.4) is 0 Å². The minimum Gasteiger partial charge on any atom is -0.360 e. The van der Waals surface area contributed by atoms with E-state index in [1.807, 2.05) is 30.3 Å². The van der Waals surface area contributed by atoms with Crippen LogP contribution in [0.5, 0.6) is 0 Å². The number of carbonyl (C=O) groups is 1. The number of rotatable bonds is 4. The molecule has 0 unspecified atom stereocenters. The van der Waals surface area contributed by atoms with Crippen LogP contribution in [0.15, 0.2) is 53.8 Å². The minimum atomic E-state index is 0.0872. The van der Waals surface area contributed by atoms with Crippen LogP contribution in [0.1, 0.15) is 10.4 Å². The van der Waals surface area contributed by atoms with Crippen LogP contribution in [-0.4, -0.2) is 21.5 Å². The molecule has 3 aromatic rings. The quantitative estimate of drug-likeness (QED) is 0.580. The summed E-state index contributed by atoms with van der Waals surface area (Å²) >= 11 is 7.19. The summed E-state index contributed by atoms with van der Waals surface area (Å²) in [5, 5.41) is 2.35. The Morgan fingerprint density at radius 1 is 1.25 bits per heavy atom. The summed E-state index contributed by atoms with van der Waals surface area (Å²) in [5.74, 6) is 0.445. The highest BCUT2D eigenvalue weighted by Crippen LogP contribution is 2.22. The monoisotopic (exact) mass is 302 g/mol. The molecule has 2 heterocycles. The van der Waals surface area contributed by atoms with E-state index < -0.39 is 0 Å². The number of halogens is 1. The third kappa shape index (κ3) is 2.71. The van der Waals surface area contributed by atoms with Crippen molar-refractivity contribution in [2.75, 3.05) is 5.75 Å². The largest absolute Gasteiger partial charge is 0.360 e. The maximum absolute atomic E-state index is 12.3. The number of H-pyrrole nitrogens is 1. The molecule has 0 aliphatic rings. The fourth-order valence-electron chi connectivity index (χ4n) is 1.97. The molecule has 2 aromatic heterocycles. The number of thioether (sulfide) groups is 1.